The van der Waals surface area contributed by atoms with Gasteiger partial charge in [0.2, 0.25) is 5.91 Å². The van der Waals surface area contributed by atoms with Crippen molar-refractivity contribution >= 4 is 17.6 Å². The number of nitrogens with one attached hydrogen (secondary N) is 1. The van der Waals surface area contributed by atoms with E-state index in [1.807, 2.05) is 11.0 Å². The number of ether oxygens (including phenoxy) is 1. The maximum Gasteiger partial charge on any atom is 0.332 e. The van der Waals surface area contributed by atoms with Gasteiger partial charge in [-0.2, -0.15) is 0 Å². The number of nitrogens with zero attached hydrogens (tertiary/aromatic N) is 4. The lowest BCUT2D eigenvalue weighted by Crippen LogP contribution is -2.62. The lowest BCUT2D eigenvalue weighted by Gasteiger charge is -2.43. The molecule has 1 aromatic heterocycles. The zero-order valence-electron chi connectivity index (χ0n) is 27.0. The maximum atomic E-state index is 13.9. The lowest BCUT2D eigenvalue weighted by molar-refractivity contribution is -0.145. The highest BCUT2D eigenvalue weighted by atomic mass is 19.1. The fourth-order valence-corrected chi connectivity index (χ4v) is 6.14. The Labute approximate surface area is 265 Å². The van der Waals surface area contributed by atoms with Gasteiger partial charge >= 0.3 is 5.97 Å². The Balaban J connectivity index is 0.000000700. The zero-order chi connectivity index (χ0) is 32.9. The molecule has 3 aliphatic heterocycles. The van der Waals surface area contributed by atoms with Crippen LogP contribution in [0, 0.1) is 5.82 Å². The predicted molar refractivity (Wildman–Crippen MR) is 169 cm³/mol. The summed E-state index contributed by atoms with van der Waals surface area (Å²) in [6.07, 6.45) is -0.724. The largest absolute Gasteiger partial charge is 0.479 e. The zero-order valence-corrected chi connectivity index (χ0v) is 27.0. The van der Waals surface area contributed by atoms with Crippen molar-refractivity contribution in [3.8, 4) is 0 Å². The van der Waals surface area contributed by atoms with Crippen LogP contribution in [0.5, 0.6) is 0 Å². The molecule has 2 fully saturated rings. The van der Waals surface area contributed by atoms with Crippen LogP contribution in [-0.2, 0) is 32.8 Å². The molecule has 1 aromatic carbocycles. The number of benzene rings is 1. The highest BCUT2D eigenvalue weighted by molar-refractivity contribution is 5.97. The van der Waals surface area contributed by atoms with Crippen LogP contribution in [-0.4, -0.2) is 119 Å². The number of carboxylic acids is 1. The lowest BCUT2D eigenvalue weighted by atomic mass is 9.90. The van der Waals surface area contributed by atoms with Crippen molar-refractivity contribution in [1.29, 1.82) is 0 Å². The highest BCUT2D eigenvalue weighted by Crippen LogP contribution is 2.41. The summed E-state index contributed by atoms with van der Waals surface area (Å²) in [5.41, 5.74) is 3.72. The van der Waals surface area contributed by atoms with Gasteiger partial charge in [0.05, 0.1) is 43.4 Å². The number of halogens is 1. The molecule has 0 saturated carbocycles. The van der Waals surface area contributed by atoms with Crippen LogP contribution in [0.4, 0.5) is 10.1 Å². The van der Waals surface area contributed by atoms with Gasteiger partial charge in [-0.3, -0.25) is 19.6 Å². The first kappa shape index (κ1) is 34.9. The summed E-state index contributed by atoms with van der Waals surface area (Å²) in [5.74, 6) is -1.40. The Bertz CT molecular complexity index is 1320. The standard InChI is InChI=1S/C30H42FN5O3.C3H6O3/c1-20-14-35(25(13-32-20)15-34-9-10-39-18-21(34)2)16-28(38)36-19-30(3,4)29-27(36)12-23(26(17-37)33-29)11-22-5-7-24(31)8-6-22;1-2(4)3(5)6/h5-8,12,20-21,25,32,37H,9-11,13-19H2,1-4H3;2,4H,1H3,(H,5,6)/t20-,21-,25-;2-/m10/s1. The van der Waals surface area contributed by atoms with Gasteiger partial charge in [0, 0.05) is 56.3 Å². The third-order valence-electron chi connectivity index (χ3n) is 8.79. The monoisotopic (exact) mass is 629 g/mol. The van der Waals surface area contributed by atoms with Crippen molar-refractivity contribution < 1.29 is 34.0 Å². The van der Waals surface area contributed by atoms with Crippen LogP contribution >= 0.6 is 0 Å². The van der Waals surface area contributed by atoms with E-state index < -0.39 is 12.1 Å². The number of aromatic nitrogens is 1. The molecular weight excluding hydrogens is 581 g/mol. The summed E-state index contributed by atoms with van der Waals surface area (Å²) in [6, 6.07) is 9.31. The highest BCUT2D eigenvalue weighted by Gasteiger charge is 2.41. The second kappa shape index (κ2) is 15.1. The van der Waals surface area contributed by atoms with E-state index in [0.29, 0.717) is 37.3 Å². The van der Waals surface area contributed by atoms with E-state index in [1.165, 1.54) is 19.1 Å². The fourth-order valence-electron chi connectivity index (χ4n) is 6.14. The molecule has 0 bridgehead atoms. The number of aliphatic hydroxyl groups is 2. The number of pyridine rings is 1. The molecule has 3 aliphatic rings. The topological polar surface area (TPSA) is 139 Å². The van der Waals surface area contributed by atoms with E-state index >= 15 is 0 Å². The molecule has 0 aliphatic carbocycles. The van der Waals surface area contributed by atoms with E-state index in [-0.39, 0.29) is 29.8 Å². The van der Waals surface area contributed by atoms with Crippen LogP contribution < -0.4 is 10.2 Å². The molecule has 4 N–H and O–H groups in total. The molecule has 4 atom stereocenters. The molecule has 5 rings (SSSR count). The Morgan fingerprint density at radius 1 is 1.20 bits per heavy atom. The Hall–Kier alpha value is -3.00. The molecule has 2 aromatic rings. The van der Waals surface area contributed by atoms with Crippen LogP contribution in [0.25, 0.3) is 0 Å². The van der Waals surface area contributed by atoms with E-state index in [2.05, 4.69) is 42.8 Å². The molecular formula is C33H48FN5O6. The summed E-state index contributed by atoms with van der Waals surface area (Å²) in [4.78, 5) is 35.0. The van der Waals surface area contributed by atoms with Gasteiger partial charge in [0.25, 0.3) is 0 Å². The van der Waals surface area contributed by atoms with Crippen molar-refractivity contribution in [3.63, 3.8) is 0 Å². The van der Waals surface area contributed by atoms with Crippen molar-refractivity contribution in [2.24, 2.45) is 0 Å². The number of fused-ring (bicyclic) bond motifs is 1. The van der Waals surface area contributed by atoms with Gasteiger partial charge in [0.1, 0.15) is 11.9 Å². The van der Waals surface area contributed by atoms with E-state index in [4.69, 9.17) is 19.9 Å². The number of aliphatic carboxylic acids is 1. The Morgan fingerprint density at radius 3 is 2.51 bits per heavy atom. The predicted octanol–water partition coefficient (Wildman–Crippen LogP) is 1.76. The number of hydrogen-bond acceptors (Lipinski definition) is 9. The van der Waals surface area contributed by atoms with Gasteiger partial charge in [-0.05, 0) is 56.5 Å². The fraction of sp³-hybridized carbons (Fsp3) is 0.606. The second-order valence-electron chi connectivity index (χ2n) is 13.1. The normalized spacial score (nSPS) is 24.0. The third-order valence-corrected chi connectivity index (χ3v) is 8.79. The van der Waals surface area contributed by atoms with Crippen molar-refractivity contribution in [1.82, 2.24) is 20.1 Å². The molecule has 11 nitrogen and oxygen atoms in total. The Morgan fingerprint density at radius 2 is 1.89 bits per heavy atom. The van der Waals surface area contributed by atoms with Crippen LogP contribution in [0.3, 0.4) is 0 Å². The van der Waals surface area contributed by atoms with Gasteiger partial charge < -0.3 is 30.3 Å². The molecule has 12 heteroatoms. The number of amides is 1. The minimum Gasteiger partial charge on any atom is -0.479 e. The van der Waals surface area contributed by atoms with Crippen molar-refractivity contribution in [3.05, 3.63) is 58.7 Å². The summed E-state index contributed by atoms with van der Waals surface area (Å²) in [6.45, 7) is 15.5. The molecule has 248 valence electrons. The number of hydrogen-bond donors (Lipinski definition) is 4. The molecule has 4 heterocycles. The number of piperazine rings is 1. The van der Waals surface area contributed by atoms with Gasteiger partial charge in [0.15, 0.2) is 0 Å². The number of aliphatic hydroxyl groups excluding tert-OH is 2. The van der Waals surface area contributed by atoms with Crippen LogP contribution in [0.15, 0.2) is 30.3 Å². The number of carbonyl (C=O) groups is 2. The Kier molecular flexibility index (Phi) is 11.7. The summed E-state index contributed by atoms with van der Waals surface area (Å²) in [5, 5.41) is 29.5. The van der Waals surface area contributed by atoms with E-state index in [9.17, 15) is 19.1 Å². The minimum atomic E-state index is -1.23. The van der Waals surface area contributed by atoms with Gasteiger partial charge in [-0.15, -0.1) is 0 Å². The second-order valence-corrected chi connectivity index (χ2v) is 13.1. The molecule has 0 unspecified atom stereocenters. The SMILES string of the molecule is C[C@@H]1CN(CC(=O)N2CC(C)(C)c3nc(CO)c(Cc4ccc(F)cc4)cc32)[C@@H](CN2CCOC[C@H]2C)CN1.C[C@H](O)C(=O)O. The minimum absolute atomic E-state index is 0.0715. The van der Waals surface area contributed by atoms with Gasteiger partial charge in [-0.25, -0.2) is 9.18 Å². The van der Waals surface area contributed by atoms with Crippen molar-refractivity contribution in [2.75, 3.05) is 57.4 Å². The number of carboxylic acid groups (broad SMARTS) is 1. The first-order valence-corrected chi connectivity index (χ1v) is 15.7. The molecule has 0 spiro atoms. The summed E-state index contributed by atoms with van der Waals surface area (Å²) < 4.78 is 19.1. The quantitative estimate of drug-likeness (QED) is 0.342. The van der Waals surface area contributed by atoms with Gasteiger partial charge in [-0.1, -0.05) is 26.0 Å². The number of anilines is 1. The number of morpholine rings is 1. The number of rotatable bonds is 8. The molecule has 1 amide bonds. The van der Waals surface area contributed by atoms with E-state index in [0.717, 1.165) is 61.9 Å². The molecule has 45 heavy (non-hydrogen) atoms. The van der Waals surface area contributed by atoms with E-state index in [1.54, 1.807) is 12.1 Å². The number of carbonyl (C=O) groups excluding carboxylic acids is 1. The first-order valence-electron chi connectivity index (χ1n) is 15.7. The molecule has 2 saturated heterocycles. The summed E-state index contributed by atoms with van der Waals surface area (Å²) >= 11 is 0. The first-order chi connectivity index (χ1) is 21.3. The van der Waals surface area contributed by atoms with Crippen LogP contribution in [0.1, 0.15) is 57.1 Å². The maximum absolute atomic E-state index is 13.9. The molecule has 0 radical (unpaired) electrons. The summed E-state index contributed by atoms with van der Waals surface area (Å²) in [7, 11) is 0. The average Bonchev–Trinajstić information content (AvgIpc) is 3.26. The smallest absolute Gasteiger partial charge is 0.332 e. The third kappa shape index (κ3) is 8.84. The average molecular weight is 630 g/mol. The van der Waals surface area contributed by atoms with Crippen molar-refractivity contribution in [2.45, 2.75) is 77.3 Å². The van der Waals surface area contributed by atoms with Crippen LogP contribution in [0.2, 0.25) is 0 Å².